The van der Waals surface area contributed by atoms with Crippen LogP contribution in [0, 0.1) is 0 Å². The second-order valence-corrected chi connectivity index (χ2v) is 2.12. The van der Waals surface area contributed by atoms with Crippen molar-refractivity contribution in [3.05, 3.63) is 11.2 Å². The molecule has 0 saturated carbocycles. The van der Waals surface area contributed by atoms with Gasteiger partial charge in [-0.15, -0.1) is 17.7 Å². The Labute approximate surface area is 63.3 Å². The van der Waals surface area contributed by atoms with Gasteiger partial charge in [0.2, 0.25) is 6.29 Å². The quantitative estimate of drug-likeness (QED) is 0.227. The van der Waals surface area contributed by atoms with Crippen LogP contribution in [0.1, 0.15) is 0 Å². The average molecular weight is 160 g/mol. The molecule has 56 valence electrons. The molecule has 0 amide bonds. The molecular weight excluding hydrogens is 152 g/mol. The van der Waals surface area contributed by atoms with Gasteiger partial charge in [0.1, 0.15) is 5.03 Å². The Morgan fingerprint density at radius 1 is 1.80 bits per heavy atom. The molecule has 5 N–H and O–H groups in total. The van der Waals surface area contributed by atoms with Crippen molar-refractivity contribution in [2.75, 3.05) is 0 Å². The van der Waals surface area contributed by atoms with Crippen LogP contribution in [-0.4, -0.2) is 11.3 Å². The maximum absolute atomic E-state index is 5.43. The van der Waals surface area contributed by atoms with E-state index in [4.69, 9.17) is 11.7 Å². The summed E-state index contributed by atoms with van der Waals surface area (Å²) in [7, 11) is 0. The van der Waals surface area contributed by atoms with Crippen LogP contribution in [-0.2, 0) is 0 Å². The van der Waals surface area contributed by atoms with Crippen molar-refractivity contribution in [3.8, 4) is 0 Å². The molecule has 1 heterocycles. The van der Waals surface area contributed by atoms with Crippen molar-refractivity contribution < 1.29 is 0 Å². The monoisotopic (exact) mass is 160 g/mol. The Bertz CT molecular complexity index is 176. The van der Waals surface area contributed by atoms with Gasteiger partial charge < -0.3 is 0 Å². The van der Waals surface area contributed by atoms with E-state index in [0.29, 0.717) is 5.03 Å². The molecule has 0 aromatic rings. The first-order valence-corrected chi connectivity index (χ1v) is 2.99. The summed E-state index contributed by atoms with van der Waals surface area (Å²) in [5.41, 5.74) is 2.33. The largest absolute Gasteiger partial charge is 0.268 e. The summed E-state index contributed by atoms with van der Waals surface area (Å²) < 4.78 is 0. The lowest BCUT2D eigenvalue weighted by atomic mass is 10.7. The van der Waals surface area contributed by atoms with E-state index in [9.17, 15) is 0 Å². The molecule has 0 aromatic heterocycles. The van der Waals surface area contributed by atoms with Crippen LogP contribution in [0.2, 0.25) is 0 Å². The molecule has 10 heavy (non-hydrogen) atoms. The third-order valence-electron chi connectivity index (χ3n) is 1.03. The Balaban J connectivity index is 2.68. The van der Waals surface area contributed by atoms with Crippen LogP contribution >= 0.6 is 12.6 Å². The van der Waals surface area contributed by atoms with Gasteiger partial charge >= 0.3 is 0 Å². The first kappa shape index (κ1) is 7.48. The maximum Gasteiger partial charge on any atom is 0.222 e. The predicted octanol–water partition coefficient (Wildman–Crippen LogP) is -0.897. The van der Waals surface area contributed by atoms with Crippen LogP contribution in [0.5, 0.6) is 0 Å². The van der Waals surface area contributed by atoms with E-state index >= 15 is 0 Å². The molecule has 6 nitrogen and oxygen atoms in total. The maximum atomic E-state index is 5.43. The van der Waals surface area contributed by atoms with Crippen LogP contribution < -0.4 is 17.1 Å². The second-order valence-electron chi connectivity index (χ2n) is 1.67. The van der Waals surface area contributed by atoms with Crippen LogP contribution in [0.25, 0.3) is 0 Å². The van der Waals surface area contributed by atoms with Crippen molar-refractivity contribution in [2.24, 2.45) is 21.9 Å². The summed E-state index contributed by atoms with van der Waals surface area (Å²) >= 11 is 3.98. The molecule has 0 aromatic carbocycles. The number of azo groups is 1. The van der Waals surface area contributed by atoms with Gasteiger partial charge in [-0.2, -0.15) is 5.11 Å². The Hall–Kier alpha value is -0.630. The molecule has 1 atom stereocenters. The first-order valence-electron chi connectivity index (χ1n) is 2.55. The highest BCUT2D eigenvalue weighted by Crippen LogP contribution is 2.12. The molecule has 0 saturated heterocycles. The zero-order valence-corrected chi connectivity index (χ0v) is 5.99. The van der Waals surface area contributed by atoms with E-state index in [1.54, 1.807) is 0 Å². The number of hydrogen-bond acceptors (Lipinski definition) is 7. The molecular formula is C3H8N6S. The van der Waals surface area contributed by atoms with Gasteiger partial charge in [0, 0.05) is 0 Å². The zero-order chi connectivity index (χ0) is 7.56. The second kappa shape index (κ2) is 2.97. The van der Waals surface area contributed by atoms with E-state index in [1.165, 1.54) is 11.2 Å². The topological polar surface area (TPSA) is 92.0 Å². The SMILES string of the molecule is NNC1N=NC=C(S)N1N. The fourth-order valence-electron chi connectivity index (χ4n) is 0.509. The number of nitrogens with one attached hydrogen (secondary N) is 1. The number of nitrogens with zero attached hydrogens (tertiary/aromatic N) is 3. The number of nitrogens with two attached hydrogens (primary N) is 2. The first-order chi connectivity index (χ1) is 4.75. The molecule has 7 heteroatoms. The van der Waals surface area contributed by atoms with Gasteiger partial charge in [-0.05, 0) is 0 Å². The van der Waals surface area contributed by atoms with Gasteiger partial charge in [0.25, 0.3) is 0 Å². The van der Waals surface area contributed by atoms with Crippen LogP contribution in [0.4, 0.5) is 0 Å². The number of hydrogen-bond donors (Lipinski definition) is 4. The van der Waals surface area contributed by atoms with Crippen molar-refractivity contribution >= 4 is 12.6 Å². The summed E-state index contributed by atoms with van der Waals surface area (Å²) in [6, 6.07) is 0. The molecule has 0 aliphatic carbocycles. The zero-order valence-electron chi connectivity index (χ0n) is 5.10. The summed E-state index contributed by atoms with van der Waals surface area (Å²) in [5, 5.41) is 9.00. The van der Waals surface area contributed by atoms with Gasteiger partial charge in [-0.25, -0.2) is 11.3 Å². The summed E-state index contributed by atoms with van der Waals surface area (Å²) in [6.45, 7) is 0. The minimum atomic E-state index is -0.516. The van der Waals surface area contributed by atoms with Gasteiger partial charge in [0.15, 0.2) is 0 Å². The predicted molar refractivity (Wildman–Crippen MR) is 39.1 cm³/mol. The molecule has 1 aliphatic rings. The highest BCUT2D eigenvalue weighted by molar-refractivity contribution is 7.84. The van der Waals surface area contributed by atoms with Crippen molar-refractivity contribution in [3.63, 3.8) is 0 Å². The Kier molecular flexibility index (Phi) is 2.22. The molecule has 1 aliphatic heterocycles. The standard InChI is InChI=1S/C3H8N6S/c4-7-3-8-6-1-2(10)9(3)5/h1,3,7,10H,4-5H2. The van der Waals surface area contributed by atoms with Gasteiger partial charge in [-0.1, -0.05) is 0 Å². The lowest BCUT2D eigenvalue weighted by molar-refractivity contribution is 0.225. The fourth-order valence-corrected chi connectivity index (χ4v) is 0.670. The molecule has 0 fully saturated rings. The number of thiol groups is 1. The van der Waals surface area contributed by atoms with Crippen molar-refractivity contribution in [2.45, 2.75) is 6.29 Å². The lowest BCUT2D eigenvalue weighted by Gasteiger charge is -2.25. The smallest absolute Gasteiger partial charge is 0.222 e. The average Bonchev–Trinajstić information content (AvgIpc) is 1.95. The molecule has 1 rings (SSSR count). The third-order valence-corrected chi connectivity index (χ3v) is 1.37. The fraction of sp³-hybridized carbons (Fsp3) is 0.333. The van der Waals surface area contributed by atoms with Gasteiger partial charge in [-0.3, -0.25) is 10.9 Å². The van der Waals surface area contributed by atoms with Gasteiger partial charge in [0.05, 0.1) is 6.20 Å². The summed E-state index contributed by atoms with van der Waals surface area (Å²) in [5.74, 6) is 10.5. The van der Waals surface area contributed by atoms with E-state index in [-0.39, 0.29) is 0 Å². The van der Waals surface area contributed by atoms with Crippen molar-refractivity contribution in [1.29, 1.82) is 0 Å². The minimum absolute atomic E-state index is 0.512. The van der Waals surface area contributed by atoms with E-state index in [1.807, 2.05) is 0 Å². The molecule has 0 radical (unpaired) electrons. The van der Waals surface area contributed by atoms with Crippen LogP contribution in [0.3, 0.4) is 0 Å². The lowest BCUT2D eigenvalue weighted by Crippen LogP contribution is -2.50. The Morgan fingerprint density at radius 3 is 3.00 bits per heavy atom. The van der Waals surface area contributed by atoms with E-state index in [0.717, 1.165) is 0 Å². The van der Waals surface area contributed by atoms with E-state index in [2.05, 4.69) is 28.3 Å². The van der Waals surface area contributed by atoms with Crippen molar-refractivity contribution in [1.82, 2.24) is 10.4 Å². The third kappa shape index (κ3) is 1.27. The minimum Gasteiger partial charge on any atom is -0.268 e. The molecule has 0 bridgehead atoms. The molecule has 1 unspecified atom stereocenters. The molecule has 0 spiro atoms. The highest BCUT2D eigenvalue weighted by Gasteiger charge is 2.15. The summed E-state index contributed by atoms with van der Waals surface area (Å²) in [4.78, 5) is 0. The summed E-state index contributed by atoms with van der Waals surface area (Å²) in [6.07, 6.45) is 0.911. The number of hydrazine groups is 2. The normalized spacial score (nSPS) is 24.9. The Morgan fingerprint density at radius 2 is 2.50 bits per heavy atom. The number of rotatable bonds is 1. The van der Waals surface area contributed by atoms with Crippen LogP contribution in [0.15, 0.2) is 21.5 Å². The highest BCUT2D eigenvalue weighted by atomic mass is 32.1. The van der Waals surface area contributed by atoms with E-state index < -0.39 is 6.29 Å².